The molecular formula is C13H15ClN2S. The van der Waals surface area contributed by atoms with Crippen molar-refractivity contribution in [2.24, 2.45) is 0 Å². The summed E-state index contributed by atoms with van der Waals surface area (Å²) in [6.07, 6.45) is 1.14. The first kappa shape index (κ1) is 12.6. The van der Waals surface area contributed by atoms with Crippen LogP contribution in [-0.2, 0) is 6.54 Å². The van der Waals surface area contributed by atoms with Crippen LogP contribution in [0.5, 0.6) is 0 Å². The molecule has 1 aromatic heterocycles. The number of benzene rings is 1. The normalized spacial score (nSPS) is 10.7. The van der Waals surface area contributed by atoms with Gasteiger partial charge in [-0.25, -0.2) is 4.98 Å². The maximum atomic E-state index is 6.15. The van der Waals surface area contributed by atoms with E-state index < -0.39 is 0 Å². The highest BCUT2D eigenvalue weighted by molar-refractivity contribution is 7.13. The average Bonchev–Trinajstić information content (AvgIpc) is 2.79. The molecule has 0 amide bonds. The molecule has 1 aromatic carbocycles. The predicted molar refractivity (Wildman–Crippen MR) is 74.6 cm³/mol. The first-order chi connectivity index (χ1) is 8.31. The molecule has 4 heteroatoms. The Balaban J connectivity index is 2.10. The number of rotatable bonds is 5. The molecule has 2 nitrogen and oxygen atoms in total. The van der Waals surface area contributed by atoms with Crippen LogP contribution in [0.3, 0.4) is 0 Å². The number of nitrogens with one attached hydrogen (secondary N) is 1. The highest BCUT2D eigenvalue weighted by atomic mass is 35.5. The van der Waals surface area contributed by atoms with Gasteiger partial charge in [0.1, 0.15) is 5.01 Å². The van der Waals surface area contributed by atoms with Crippen LogP contribution in [0.25, 0.3) is 10.6 Å². The number of halogens is 1. The second-order valence-corrected chi connectivity index (χ2v) is 5.07. The molecule has 1 N–H and O–H groups in total. The lowest BCUT2D eigenvalue weighted by Crippen LogP contribution is -2.13. The summed E-state index contributed by atoms with van der Waals surface area (Å²) in [7, 11) is 0. The van der Waals surface area contributed by atoms with Gasteiger partial charge in [0.25, 0.3) is 0 Å². The topological polar surface area (TPSA) is 24.9 Å². The molecule has 0 fully saturated rings. The Morgan fingerprint density at radius 1 is 1.35 bits per heavy atom. The minimum atomic E-state index is 0.759. The highest BCUT2D eigenvalue weighted by Gasteiger charge is 2.07. The zero-order valence-electron chi connectivity index (χ0n) is 9.74. The summed E-state index contributed by atoms with van der Waals surface area (Å²) in [6, 6.07) is 7.82. The fourth-order valence-electron chi connectivity index (χ4n) is 1.54. The molecule has 2 rings (SSSR count). The Bertz CT molecular complexity index is 482. The number of hydrogen-bond acceptors (Lipinski definition) is 3. The average molecular weight is 267 g/mol. The van der Waals surface area contributed by atoms with Crippen molar-refractivity contribution in [3.05, 3.63) is 40.4 Å². The molecule has 0 aliphatic heterocycles. The molecular weight excluding hydrogens is 252 g/mol. The zero-order chi connectivity index (χ0) is 12.1. The predicted octanol–water partition coefficient (Wildman–Crippen LogP) is 3.96. The second-order valence-electron chi connectivity index (χ2n) is 3.80. The third kappa shape index (κ3) is 3.28. The third-order valence-corrected chi connectivity index (χ3v) is 3.64. The minimum absolute atomic E-state index is 0.759. The van der Waals surface area contributed by atoms with Crippen molar-refractivity contribution >= 4 is 22.9 Å². The van der Waals surface area contributed by atoms with E-state index in [1.54, 1.807) is 11.3 Å². The Kier molecular flexibility index (Phi) is 4.54. The van der Waals surface area contributed by atoms with E-state index in [4.69, 9.17) is 11.6 Å². The van der Waals surface area contributed by atoms with E-state index in [1.807, 2.05) is 24.3 Å². The van der Waals surface area contributed by atoms with Gasteiger partial charge in [0.05, 0.1) is 10.7 Å². The van der Waals surface area contributed by atoms with Gasteiger partial charge in [0.15, 0.2) is 0 Å². The molecule has 0 bridgehead atoms. The van der Waals surface area contributed by atoms with Crippen LogP contribution in [0.15, 0.2) is 29.6 Å². The summed E-state index contributed by atoms with van der Waals surface area (Å²) in [4.78, 5) is 4.58. The molecule has 2 aromatic rings. The van der Waals surface area contributed by atoms with Crippen molar-refractivity contribution in [2.45, 2.75) is 19.9 Å². The molecule has 0 saturated carbocycles. The van der Waals surface area contributed by atoms with Crippen molar-refractivity contribution in [1.29, 1.82) is 0 Å². The third-order valence-electron chi connectivity index (χ3n) is 2.39. The van der Waals surface area contributed by atoms with E-state index >= 15 is 0 Å². The number of hydrogen-bond donors (Lipinski definition) is 1. The molecule has 17 heavy (non-hydrogen) atoms. The van der Waals surface area contributed by atoms with Gasteiger partial charge in [-0.1, -0.05) is 36.7 Å². The fraction of sp³-hybridized carbons (Fsp3) is 0.308. The summed E-state index contributed by atoms with van der Waals surface area (Å²) in [5, 5.41) is 7.18. The van der Waals surface area contributed by atoms with Crippen LogP contribution in [0, 0.1) is 0 Å². The van der Waals surface area contributed by atoms with Gasteiger partial charge in [-0.15, -0.1) is 11.3 Å². The summed E-state index contributed by atoms with van der Waals surface area (Å²) >= 11 is 7.79. The van der Waals surface area contributed by atoms with Gasteiger partial charge < -0.3 is 5.32 Å². The fourth-order valence-corrected chi connectivity index (χ4v) is 2.68. The van der Waals surface area contributed by atoms with Crippen molar-refractivity contribution in [3.8, 4) is 10.6 Å². The molecule has 1 heterocycles. The Morgan fingerprint density at radius 3 is 2.94 bits per heavy atom. The number of nitrogens with zero attached hydrogens (tertiary/aromatic N) is 1. The first-order valence-corrected chi connectivity index (χ1v) is 6.97. The largest absolute Gasteiger partial charge is 0.311 e. The summed E-state index contributed by atoms with van der Waals surface area (Å²) in [6.45, 7) is 4.01. The summed E-state index contributed by atoms with van der Waals surface area (Å²) in [5.41, 5.74) is 2.10. The van der Waals surface area contributed by atoms with Crippen LogP contribution < -0.4 is 5.32 Å². The number of aromatic nitrogens is 1. The maximum absolute atomic E-state index is 6.15. The van der Waals surface area contributed by atoms with Gasteiger partial charge in [-0.3, -0.25) is 0 Å². The lowest BCUT2D eigenvalue weighted by Gasteiger charge is -2.00. The zero-order valence-corrected chi connectivity index (χ0v) is 11.3. The van der Waals surface area contributed by atoms with Gasteiger partial charge >= 0.3 is 0 Å². The van der Waals surface area contributed by atoms with E-state index in [9.17, 15) is 0 Å². The lowest BCUT2D eigenvalue weighted by molar-refractivity contribution is 0.667. The Morgan fingerprint density at radius 2 is 2.18 bits per heavy atom. The minimum Gasteiger partial charge on any atom is -0.311 e. The van der Waals surface area contributed by atoms with Crippen LogP contribution in [0.2, 0.25) is 5.02 Å². The lowest BCUT2D eigenvalue weighted by atomic mass is 10.2. The molecule has 0 spiro atoms. The van der Waals surface area contributed by atoms with E-state index in [1.165, 1.54) is 0 Å². The van der Waals surface area contributed by atoms with Gasteiger partial charge in [0.2, 0.25) is 0 Å². The molecule has 0 unspecified atom stereocenters. The van der Waals surface area contributed by atoms with E-state index in [2.05, 4.69) is 22.6 Å². The Hall–Kier alpha value is -0.900. The standard InChI is InChI=1S/C13H15ClN2S/c1-2-7-15-8-10-9-17-13(16-10)11-5-3-4-6-12(11)14/h3-6,9,15H,2,7-8H2,1H3. The van der Waals surface area contributed by atoms with Crippen molar-refractivity contribution in [2.75, 3.05) is 6.54 Å². The monoisotopic (exact) mass is 266 g/mol. The number of thiazole rings is 1. The SMILES string of the molecule is CCCNCc1csc(-c2ccccc2Cl)n1. The molecule has 0 atom stereocenters. The van der Waals surface area contributed by atoms with Crippen LogP contribution >= 0.6 is 22.9 Å². The summed E-state index contributed by atoms with van der Waals surface area (Å²) < 4.78 is 0. The smallest absolute Gasteiger partial charge is 0.125 e. The van der Waals surface area contributed by atoms with E-state index in [0.717, 1.165) is 40.8 Å². The van der Waals surface area contributed by atoms with Gasteiger partial charge in [0, 0.05) is 17.5 Å². The quantitative estimate of drug-likeness (QED) is 0.829. The second kappa shape index (κ2) is 6.15. The van der Waals surface area contributed by atoms with Crippen LogP contribution in [-0.4, -0.2) is 11.5 Å². The van der Waals surface area contributed by atoms with Gasteiger partial charge in [-0.05, 0) is 19.0 Å². The van der Waals surface area contributed by atoms with Gasteiger partial charge in [-0.2, -0.15) is 0 Å². The molecule has 0 saturated heterocycles. The van der Waals surface area contributed by atoms with E-state index in [0.29, 0.717) is 0 Å². The summed E-state index contributed by atoms with van der Waals surface area (Å²) in [5.74, 6) is 0. The molecule has 90 valence electrons. The van der Waals surface area contributed by atoms with Crippen molar-refractivity contribution in [1.82, 2.24) is 10.3 Å². The molecule has 0 aliphatic carbocycles. The van der Waals surface area contributed by atoms with Crippen molar-refractivity contribution in [3.63, 3.8) is 0 Å². The van der Waals surface area contributed by atoms with Crippen LogP contribution in [0.1, 0.15) is 19.0 Å². The molecule has 0 radical (unpaired) electrons. The molecule has 0 aliphatic rings. The van der Waals surface area contributed by atoms with Crippen molar-refractivity contribution < 1.29 is 0 Å². The highest BCUT2D eigenvalue weighted by Crippen LogP contribution is 2.29. The van der Waals surface area contributed by atoms with E-state index in [-0.39, 0.29) is 0 Å². The maximum Gasteiger partial charge on any atom is 0.125 e. The first-order valence-electron chi connectivity index (χ1n) is 5.71. The Labute approximate surface area is 111 Å². The van der Waals surface area contributed by atoms with Crippen LogP contribution in [0.4, 0.5) is 0 Å².